The first kappa shape index (κ1) is 11.9. The van der Waals surface area contributed by atoms with Gasteiger partial charge in [-0.25, -0.2) is 0 Å². The van der Waals surface area contributed by atoms with Crippen molar-refractivity contribution in [3.05, 3.63) is 0 Å². The average Bonchev–Trinajstić information content (AvgIpc) is 3.03. The molecule has 0 radical (unpaired) electrons. The normalized spacial score (nSPS) is 25.6. The summed E-state index contributed by atoms with van der Waals surface area (Å²) in [6, 6.07) is 1.31. The summed E-state index contributed by atoms with van der Waals surface area (Å²) in [5.74, 6) is 0.710. The van der Waals surface area contributed by atoms with Gasteiger partial charge in [-0.05, 0) is 38.5 Å². The van der Waals surface area contributed by atoms with Crippen LogP contribution in [0, 0.1) is 5.92 Å². The van der Waals surface area contributed by atoms with Gasteiger partial charge >= 0.3 is 0 Å². The molecule has 1 aliphatic carbocycles. The van der Waals surface area contributed by atoms with E-state index in [-0.39, 0.29) is 5.91 Å². The minimum atomic E-state index is -0.210. The van der Waals surface area contributed by atoms with Crippen molar-refractivity contribution < 1.29 is 4.79 Å². The van der Waals surface area contributed by atoms with Crippen LogP contribution in [0.3, 0.4) is 0 Å². The molecule has 1 atom stereocenters. The van der Waals surface area contributed by atoms with Crippen molar-refractivity contribution in [2.45, 2.75) is 44.7 Å². The lowest BCUT2D eigenvalue weighted by atomic mass is 10.0. The van der Waals surface area contributed by atoms with Crippen molar-refractivity contribution in [3.8, 4) is 0 Å². The zero-order chi connectivity index (χ0) is 11.5. The smallest absolute Gasteiger partial charge is 0.231 e. The number of hydrogen-bond donors (Lipinski definition) is 2. The molecular formula is C12H23N3O. The molecule has 2 rings (SSSR count). The van der Waals surface area contributed by atoms with Crippen molar-refractivity contribution in [3.63, 3.8) is 0 Å². The summed E-state index contributed by atoms with van der Waals surface area (Å²) in [5.41, 5.74) is 5.19. The van der Waals surface area contributed by atoms with Crippen LogP contribution in [-0.2, 0) is 4.79 Å². The first-order valence-corrected chi connectivity index (χ1v) is 6.42. The minimum absolute atomic E-state index is 0.210. The number of likely N-dealkylation sites (tertiary alicyclic amines) is 1. The molecule has 4 nitrogen and oxygen atoms in total. The van der Waals surface area contributed by atoms with Crippen LogP contribution in [0.4, 0.5) is 0 Å². The Balaban J connectivity index is 1.66. The van der Waals surface area contributed by atoms with E-state index in [2.05, 4.69) is 17.1 Å². The summed E-state index contributed by atoms with van der Waals surface area (Å²) >= 11 is 0. The van der Waals surface area contributed by atoms with Gasteiger partial charge in [0.25, 0.3) is 0 Å². The highest BCUT2D eigenvalue weighted by Crippen LogP contribution is 2.32. The topological polar surface area (TPSA) is 58.4 Å². The summed E-state index contributed by atoms with van der Waals surface area (Å²) in [6.45, 7) is 4.72. The second-order valence-electron chi connectivity index (χ2n) is 5.31. The molecule has 0 aromatic carbocycles. The van der Waals surface area contributed by atoms with Gasteiger partial charge in [0, 0.05) is 25.2 Å². The van der Waals surface area contributed by atoms with Crippen LogP contribution in [0.2, 0.25) is 0 Å². The largest absolute Gasteiger partial charge is 0.369 e. The lowest BCUT2D eigenvalue weighted by Crippen LogP contribution is -2.47. The van der Waals surface area contributed by atoms with Crippen LogP contribution < -0.4 is 11.1 Å². The van der Waals surface area contributed by atoms with Crippen LogP contribution >= 0.6 is 0 Å². The Morgan fingerprint density at radius 3 is 2.50 bits per heavy atom. The molecule has 0 aromatic rings. The highest BCUT2D eigenvalue weighted by atomic mass is 16.1. The molecule has 2 aliphatic rings. The summed E-state index contributed by atoms with van der Waals surface area (Å²) < 4.78 is 0. The van der Waals surface area contributed by atoms with Crippen LogP contribution in [-0.4, -0.2) is 42.5 Å². The summed E-state index contributed by atoms with van der Waals surface area (Å²) in [5, 5.41) is 3.71. The third-order valence-electron chi connectivity index (χ3n) is 3.79. The van der Waals surface area contributed by atoms with Gasteiger partial charge in [0.15, 0.2) is 0 Å². The van der Waals surface area contributed by atoms with Gasteiger partial charge in [-0.3, -0.25) is 9.69 Å². The third kappa shape index (κ3) is 3.46. The monoisotopic (exact) mass is 225 g/mol. The number of carbonyl (C=O) groups excluding carboxylic acids is 1. The van der Waals surface area contributed by atoms with E-state index in [1.165, 1.54) is 12.8 Å². The molecule has 92 valence electrons. The number of carbonyl (C=O) groups is 1. The summed E-state index contributed by atoms with van der Waals surface area (Å²) in [7, 11) is 0. The zero-order valence-electron chi connectivity index (χ0n) is 10.1. The average molecular weight is 225 g/mol. The molecular weight excluding hydrogens is 202 g/mol. The van der Waals surface area contributed by atoms with Crippen molar-refractivity contribution in [1.29, 1.82) is 0 Å². The summed E-state index contributed by atoms with van der Waals surface area (Å²) in [4.78, 5) is 12.9. The highest BCUT2D eigenvalue weighted by molar-refractivity contribution is 5.75. The number of rotatable bonds is 5. The van der Waals surface area contributed by atoms with Gasteiger partial charge in [0.2, 0.25) is 5.91 Å². The number of primary amides is 1. The minimum Gasteiger partial charge on any atom is -0.369 e. The highest BCUT2D eigenvalue weighted by Gasteiger charge is 2.30. The quantitative estimate of drug-likeness (QED) is 0.708. The van der Waals surface area contributed by atoms with Gasteiger partial charge in [0.1, 0.15) is 0 Å². The van der Waals surface area contributed by atoms with Gasteiger partial charge in [-0.2, -0.15) is 0 Å². The van der Waals surface area contributed by atoms with Gasteiger partial charge in [0.05, 0.1) is 6.54 Å². The molecule has 1 aliphatic heterocycles. The lowest BCUT2D eigenvalue weighted by molar-refractivity contribution is -0.119. The molecule has 1 unspecified atom stereocenters. The Bertz CT molecular complexity index is 245. The number of nitrogens with zero attached hydrogens (tertiary/aromatic N) is 1. The molecule has 2 fully saturated rings. The fourth-order valence-electron chi connectivity index (χ4n) is 2.58. The van der Waals surface area contributed by atoms with Crippen LogP contribution in [0.15, 0.2) is 0 Å². The molecule has 16 heavy (non-hydrogen) atoms. The van der Waals surface area contributed by atoms with Crippen molar-refractivity contribution >= 4 is 5.91 Å². The van der Waals surface area contributed by atoms with E-state index in [1.54, 1.807) is 0 Å². The SMILES string of the molecule is CC(NC1CCN(CC(N)=O)CC1)C1CC1. The maximum absolute atomic E-state index is 10.8. The van der Waals surface area contributed by atoms with E-state index in [9.17, 15) is 4.79 Å². The molecule has 1 saturated heterocycles. The molecule has 1 saturated carbocycles. The molecule has 3 N–H and O–H groups in total. The Kier molecular flexibility index (Phi) is 3.82. The molecule has 1 amide bonds. The number of nitrogens with one attached hydrogen (secondary N) is 1. The number of hydrogen-bond acceptors (Lipinski definition) is 3. The fourth-order valence-corrected chi connectivity index (χ4v) is 2.58. The van der Waals surface area contributed by atoms with E-state index in [0.29, 0.717) is 18.6 Å². The summed E-state index contributed by atoms with van der Waals surface area (Å²) in [6.07, 6.45) is 5.08. The van der Waals surface area contributed by atoms with Crippen LogP contribution in [0.5, 0.6) is 0 Å². The molecule has 4 heteroatoms. The lowest BCUT2D eigenvalue weighted by Gasteiger charge is -2.33. The molecule has 0 spiro atoms. The van der Waals surface area contributed by atoms with Gasteiger partial charge < -0.3 is 11.1 Å². The maximum atomic E-state index is 10.8. The zero-order valence-corrected chi connectivity index (χ0v) is 10.1. The van der Waals surface area contributed by atoms with Gasteiger partial charge in [-0.15, -0.1) is 0 Å². The third-order valence-corrected chi connectivity index (χ3v) is 3.79. The Labute approximate surface area is 97.6 Å². The number of nitrogens with two attached hydrogens (primary N) is 1. The second-order valence-corrected chi connectivity index (χ2v) is 5.31. The predicted octanol–water partition coefficient (Wildman–Crippen LogP) is 0.324. The Morgan fingerprint density at radius 2 is 2.00 bits per heavy atom. The van der Waals surface area contributed by atoms with Gasteiger partial charge in [-0.1, -0.05) is 0 Å². The Morgan fingerprint density at radius 1 is 1.38 bits per heavy atom. The number of piperidine rings is 1. The van der Waals surface area contributed by atoms with E-state index < -0.39 is 0 Å². The van der Waals surface area contributed by atoms with Crippen molar-refractivity contribution in [2.24, 2.45) is 11.7 Å². The fraction of sp³-hybridized carbons (Fsp3) is 0.917. The second kappa shape index (κ2) is 5.15. The Hall–Kier alpha value is -0.610. The first-order valence-electron chi connectivity index (χ1n) is 6.42. The van der Waals surface area contributed by atoms with Crippen LogP contribution in [0.25, 0.3) is 0 Å². The maximum Gasteiger partial charge on any atom is 0.231 e. The standard InChI is InChI=1S/C12H23N3O/c1-9(10-2-3-10)14-11-4-6-15(7-5-11)8-12(13)16/h9-11,14H,2-8H2,1H3,(H2,13,16). The van der Waals surface area contributed by atoms with E-state index in [4.69, 9.17) is 5.73 Å². The molecule has 1 heterocycles. The van der Waals surface area contributed by atoms with Crippen molar-refractivity contribution in [2.75, 3.05) is 19.6 Å². The number of amides is 1. The van der Waals surface area contributed by atoms with Crippen LogP contribution in [0.1, 0.15) is 32.6 Å². The van der Waals surface area contributed by atoms with E-state index in [1.807, 2.05) is 0 Å². The first-order chi connectivity index (χ1) is 7.65. The van der Waals surface area contributed by atoms with E-state index >= 15 is 0 Å². The predicted molar refractivity (Wildman–Crippen MR) is 64.0 cm³/mol. The molecule has 0 bridgehead atoms. The molecule has 0 aromatic heterocycles. The van der Waals surface area contributed by atoms with Crippen molar-refractivity contribution in [1.82, 2.24) is 10.2 Å². The van der Waals surface area contributed by atoms with E-state index in [0.717, 1.165) is 31.8 Å².